The first-order chi connectivity index (χ1) is 15.0. The number of ether oxygens (including phenoxy) is 2. The number of thiazole rings is 1. The van der Waals surface area contributed by atoms with E-state index in [-0.39, 0.29) is 5.91 Å². The van der Waals surface area contributed by atoms with Gasteiger partial charge in [-0.05, 0) is 31.2 Å². The third-order valence-corrected chi connectivity index (χ3v) is 5.60. The molecule has 0 fully saturated rings. The fourth-order valence-electron chi connectivity index (χ4n) is 3.10. The summed E-state index contributed by atoms with van der Waals surface area (Å²) in [5.41, 5.74) is 2.85. The number of carbonyl (C=O) groups excluding carboxylic acids is 1. The topological polar surface area (TPSA) is 78.3 Å². The van der Waals surface area contributed by atoms with Crippen LogP contribution in [0.15, 0.2) is 53.9 Å². The van der Waals surface area contributed by atoms with E-state index >= 15 is 0 Å². The zero-order valence-corrected chi connectivity index (χ0v) is 18.6. The van der Waals surface area contributed by atoms with E-state index in [4.69, 9.17) is 21.1 Å². The van der Waals surface area contributed by atoms with Gasteiger partial charge in [0.05, 0.1) is 31.2 Å². The molecule has 1 amide bonds. The van der Waals surface area contributed by atoms with Gasteiger partial charge in [-0.15, -0.1) is 11.3 Å². The first-order valence-corrected chi connectivity index (χ1v) is 10.6. The largest absolute Gasteiger partial charge is 0.493 e. The summed E-state index contributed by atoms with van der Waals surface area (Å²) in [6.07, 6.45) is 0. The lowest BCUT2D eigenvalue weighted by Gasteiger charge is -2.12. The molecule has 0 saturated carbocycles. The Kier molecular flexibility index (Phi) is 5.92. The second-order valence-corrected chi connectivity index (χ2v) is 7.87. The average molecular weight is 455 g/mol. The summed E-state index contributed by atoms with van der Waals surface area (Å²) in [7, 11) is 3.02. The number of aromatic nitrogens is 3. The lowest BCUT2D eigenvalue weighted by Crippen LogP contribution is -2.16. The molecule has 0 atom stereocenters. The van der Waals surface area contributed by atoms with E-state index in [1.165, 1.54) is 25.6 Å². The number of methoxy groups -OCH3 is 2. The first-order valence-electron chi connectivity index (χ1n) is 9.31. The Morgan fingerprint density at radius 3 is 2.61 bits per heavy atom. The SMILES string of the molecule is COc1cccc(C(=O)Nc2cc(C)nn2-c2nc(-c3ccc(Cl)cc3)cs2)c1OC. The normalized spacial score (nSPS) is 10.7. The number of rotatable bonds is 6. The Morgan fingerprint density at radius 1 is 1.13 bits per heavy atom. The molecule has 9 heteroatoms. The van der Waals surface area contributed by atoms with E-state index in [9.17, 15) is 4.79 Å². The molecule has 2 heterocycles. The van der Waals surface area contributed by atoms with Crippen molar-refractivity contribution in [1.82, 2.24) is 14.8 Å². The smallest absolute Gasteiger partial charge is 0.260 e. The van der Waals surface area contributed by atoms with E-state index in [0.717, 1.165) is 17.0 Å². The minimum Gasteiger partial charge on any atom is -0.493 e. The highest BCUT2D eigenvalue weighted by molar-refractivity contribution is 7.12. The maximum Gasteiger partial charge on any atom is 0.260 e. The molecule has 31 heavy (non-hydrogen) atoms. The molecular formula is C22H19ClN4O3S. The Labute approximate surface area is 188 Å². The van der Waals surface area contributed by atoms with E-state index in [0.29, 0.717) is 33.0 Å². The van der Waals surface area contributed by atoms with Crippen LogP contribution in [-0.4, -0.2) is 34.9 Å². The molecule has 4 rings (SSSR count). The zero-order valence-electron chi connectivity index (χ0n) is 17.0. The van der Waals surface area contributed by atoms with Crippen LogP contribution in [0.1, 0.15) is 16.1 Å². The van der Waals surface area contributed by atoms with Gasteiger partial charge in [0.25, 0.3) is 5.91 Å². The number of hydrogen-bond acceptors (Lipinski definition) is 6. The fraction of sp³-hybridized carbons (Fsp3) is 0.136. The summed E-state index contributed by atoms with van der Waals surface area (Å²) < 4.78 is 12.3. The van der Waals surface area contributed by atoms with E-state index in [1.54, 1.807) is 28.9 Å². The monoisotopic (exact) mass is 454 g/mol. The minimum atomic E-state index is -0.341. The Balaban J connectivity index is 1.65. The predicted molar refractivity (Wildman–Crippen MR) is 122 cm³/mol. The first kappa shape index (κ1) is 20.9. The van der Waals surface area contributed by atoms with Gasteiger partial charge < -0.3 is 14.8 Å². The molecule has 0 aliphatic heterocycles. The van der Waals surface area contributed by atoms with Crippen LogP contribution in [-0.2, 0) is 0 Å². The number of aryl methyl sites for hydroxylation is 1. The summed E-state index contributed by atoms with van der Waals surface area (Å²) in [5, 5.41) is 10.6. The van der Waals surface area contributed by atoms with Crippen LogP contribution < -0.4 is 14.8 Å². The summed E-state index contributed by atoms with van der Waals surface area (Å²) in [6, 6.07) is 14.4. The molecular weight excluding hydrogens is 436 g/mol. The minimum absolute atomic E-state index is 0.341. The summed E-state index contributed by atoms with van der Waals surface area (Å²) in [5.74, 6) is 1.01. The van der Waals surface area contributed by atoms with Gasteiger partial charge >= 0.3 is 0 Å². The van der Waals surface area contributed by atoms with Crippen molar-refractivity contribution in [2.24, 2.45) is 0 Å². The highest BCUT2D eigenvalue weighted by Crippen LogP contribution is 2.32. The lowest BCUT2D eigenvalue weighted by atomic mass is 10.1. The quantitative estimate of drug-likeness (QED) is 0.431. The predicted octanol–water partition coefficient (Wildman–Crippen LogP) is 5.23. The molecule has 2 aromatic carbocycles. The number of anilines is 1. The fourth-order valence-corrected chi connectivity index (χ4v) is 4.02. The number of amides is 1. The van der Waals surface area contributed by atoms with Gasteiger partial charge in [-0.25, -0.2) is 4.98 Å². The number of nitrogens with one attached hydrogen (secondary N) is 1. The average Bonchev–Trinajstić information content (AvgIpc) is 3.40. The second kappa shape index (κ2) is 8.79. The maximum absolute atomic E-state index is 13.0. The Morgan fingerprint density at radius 2 is 1.90 bits per heavy atom. The molecule has 7 nitrogen and oxygen atoms in total. The molecule has 0 aliphatic rings. The van der Waals surface area contributed by atoms with Crippen molar-refractivity contribution in [2.45, 2.75) is 6.92 Å². The van der Waals surface area contributed by atoms with Gasteiger partial charge in [0.15, 0.2) is 11.5 Å². The molecule has 0 saturated heterocycles. The molecule has 0 aliphatic carbocycles. The zero-order chi connectivity index (χ0) is 22.0. The molecule has 4 aromatic rings. The molecule has 0 unspecified atom stereocenters. The van der Waals surface area contributed by atoms with Crippen LogP contribution in [0.4, 0.5) is 5.82 Å². The number of carbonyl (C=O) groups is 1. The molecule has 1 N–H and O–H groups in total. The summed E-state index contributed by atoms with van der Waals surface area (Å²) >= 11 is 7.40. The van der Waals surface area contributed by atoms with Crippen LogP contribution in [0.25, 0.3) is 16.4 Å². The van der Waals surface area contributed by atoms with Crippen molar-refractivity contribution in [1.29, 1.82) is 0 Å². The lowest BCUT2D eigenvalue weighted by molar-refractivity contribution is 0.102. The van der Waals surface area contributed by atoms with Gasteiger partial charge in [0, 0.05) is 22.0 Å². The summed E-state index contributed by atoms with van der Waals surface area (Å²) in [4.78, 5) is 17.7. The van der Waals surface area contributed by atoms with Gasteiger partial charge in [0.1, 0.15) is 5.82 Å². The number of halogens is 1. The Bertz CT molecular complexity index is 1230. The van der Waals surface area contributed by atoms with Crippen molar-refractivity contribution >= 4 is 34.7 Å². The standard InChI is InChI=1S/C22H19ClN4O3S/c1-13-11-19(25-21(28)16-5-4-6-18(29-2)20(16)30-3)27(26-13)22-24-17(12-31-22)14-7-9-15(23)10-8-14/h4-12H,1-3H3,(H,25,28). The van der Waals surface area contributed by atoms with Gasteiger partial charge in [-0.1, -0.05) is 29.8 Å². The third kappa shape index (κ3) is 4.26. The van der Waals surface area contributed by atoms with Crippen molar-refractivity contribution in [3.05, 3.63) is 70.2 Å². The van der Waals surface area contributed by atoms with Gasteiger partial charge in [0.2, 0.25) is 5.13 Å². The van der Waals surface area contributed by atoms with Crippen LogP contribution in [0.3, 0.4) is 0 Å². The molecule has 0 radical (unpaired) electrons. The van der Waals surface area contributed by atoms with Crippen LogP contribution >= 0.6 is 22.9 Å². The van der Waals surface area contributed by atoms with E-state index < -0.39 is 0 Å². The maximum atomic E-state index is 13.0. The van der Waals surface area contributed by atoms with Crippen molar-refractivity contribution in [3.63, 3.8) is 0 Å². The summed E-state index contributed by atoms with van der Waals surface area (Å²) in [6.45, 7) is 1.85. The molecule has 0 spiro atoms. The highest BCUT2D eigenvalue weighted by atomic mass is 35.5. The molecule has 158 valence electrons. The van der Waals surface area contributed by atoms with Gasteiger partial charge in [-0.2, -0.15) is 9.78 Å². The van der Waals surface area contributed by atoms with Crippen LogP contribution in [0.2, 0.25) is 5.02 Å². The number of hydrogen-bond donors (Lipinski definition) is 1. The van der Waals surface area contributed by atoms with Crippen molar-refractivity contribution in [2.75, 3.05) is 19.5 Å². The molecule has 0 bridgehead atoms. The van der Waals surface area contributed by atoms with Crippen LogP contribution in [0.5, 0.6) is 11.5 Å². The second-order valence-electron chi connectivity index (χ2n) is 6.60. The molecule has 2 aromatic heterocycles. The van der Waals surface area contributed by atoms with Crippen LogP contribution in [0, 0.1) is 6.92 Å². The van der Waals surface area contributed by atoms with Crippen molar-refractivity contribution in [3.8, 4) is 27.9 Å². The van der Waals surface area contributed by atoms with E-state index in [1.807, 2.05) is 36.6 Å². The van der Waals surface area contributed by atoms with Crippen molar-refractivity contribution < 1.29 is 14.3 Å². The Hall–Kier alpha value is -3.36. The van der Waals surface area contributed by atoms with E-state index in [2.05, 4.69) is 15.4 Å². The highest BCUT2D eigenvalue weighted by Gasteiger charge is 2.20. The number of nitrogens with zero attached hydrogens (tertiary/aromatic N) is 3. The number of benzene rings is 2. The third-order valence-electron chi connectivity index (χ3n) is 4.53. The van der Waals surface area contributed by atoms with Gasteiger partial charge in [-0.3, -0.25) is 4.79 Å². The number of para-hydroxylation sites is 1.